The van der Waals surface area contributed by atoms with E-state index in [1.54, 1.807) is 12.1 Å². The monoisotopic (exact) mass is 235 g/mol. The second-order valence-electron chi connectivity index (χ2n) is 3.86. The Bertz CT molecular complexity index is 510. The molecule has 0 amide bonds. The fraction of sp³-hybridized carbons (Fsp3) is 0.333. The number of aryl methyl sites for hydroxylation is 1. The lowest BCUT2D eigenvalue weighted by Gasteiger charge is -1.97. The van der Waals surface area contributed by atoms with Gasteiger partial charge in [0, 0.05) is 12.1 Å². The molecular formula is C12H14FN3O. The van der Waals surface area contributed by atoms with E-state index in [0.717, 1.165) is 19.3 Å². The van der Waals surface area contributed by atoms with E-state index < -0.39 is 5.82 Å². The van der Waals surface area contributed by atoms with E-state index >= 15 is 0 Å². The molecule has 0 saturated heterocycles. The Kier molecular flexibility index (Phi) is 3.37. The maximum atomic E-state index is 13.6. The van der Waals surface area contributed by atoms with Gasteiger partial charge in [-0.1, -0.05) is 18.5 Å². The quantitative estimate of drug-likeness (QED) is 0.827. The number of anilines is 1. The summed E-state index contributed by atoms with van der Waals surface area (Å²) < 4.78 is 18.6. The Morgan fingerprint density at radius 3 is 2.94 bits per heavy atom. The molecule has 0 radical (unpaired) electrons. The summed E-state index contributed by atoms with van der Waals surface area (Å²) in [4.78, 5) is 4.15. The van der Waals surface area contributed by atoms with Crippen molar-refractivity contribution in [2.24, 2.45) is 0 Å². The Labute approximate surface area is 98.6 Å². The van der Waals surface area contributed by atoms with Crippen molar-refractivity contribution in [1.82, 2.24) is 10.1 Å². The van der Waals surface area contributed by atoms with Gasteiger partial charge in [0.1, 0.15) is 5.82 Å². The summed E-state index contributed by atoms with van der Waals surface area (Å²) >= 11 is 0. The summed E-state index contributed by atoms with van der Waals surface area (Å²) in [5, 5.41) is 3.81. The summed E-state index contributed by atoms with van der Waals surface area (Å²) in [6.45, 7) is 2.08. The zero-order chi connectivity index (χ0) is 12.3. The molecule has 0 atom stereocenters. The van der Waals surface area contributed by atoms with Crippen molar-refractivity contribution in [3.63, 3.8) is 0 Å². The highest BCUT2D eigenvalue weighted by molar-refractivity contribution is 5.58. The number of halogens is 1. The predicted octanol–water partition coefficient (Wildman–Crippen LogP) is 2.80. The van der Waals surface area contributed by atoms with Gasteiger partial charge in [-0.25, -0.2) is 4.39 Å². The second-order valence-corrected chi connectivity index (χ2v) is 3.86. The van der Waals surface area contributed by atoms with Crippen LogP contribution in [0.2, 0.25) is 0 Å². The average molecular weight is 235 g/mol. The third kappa shape index (κ3) is 2.61. The highest BCUT2D eigenvalue weighted by atomic mass is 19.1. The molecule has 1 aromatic carbocycles. The first-order valence-electron chi connectivity index (χ1n) is 5.58. The van der Waals surface area contributed by atoms with E-state index in [1.807, 2.05) is 0 Å². The molecule has 1 heterocycles. The van der Waals surface area contributed by atoms with E-state index in [9.17, 15) is 4.39 Å². The topological polar surface area (TPSA) is 64.9 Å². The van der Waals surface area contributed by atoms with Crippen molar-refractivity contribution in [3.05, 3.63) is 29.8 Å². The van der Waals surface area contributed by atoms with Crippen LogP contribution in [0.25, 0.3) is 11.5 Å². The Morgan fingerprint density at radius 2 is 2.24 bits per heavy atom. The van der Waals surface area contributed by atoms with E-state index in [0.29, 0.717) is 11.5 Å². The maximum Gasteiger partial charge on any atom is 0.260 e. The number of hydrogen-bond donors (Lipinski definition) is 1. The number of hydrogen-bond acceptors (Lipinski definition) is 4. The minimum atomic E-state index is -0.448. The van der Waals surface area contributed by atoms with Crippen LogP contribution in [0.4, 0.5) is 10.1 Å². The van der Waals surface area contributed by atoms with E-state index in [2.05, 4.69) is 17.1 Å². The van der Waals surface area contributed by atoms with Crippen LogP contribution in [0.15, 0.2) is 22.7 Å². The number of benzene rings is 1. The first-order chi connectivity index (χ1) is 8.20. The fourth-order valence-corrected chi connectivity index (χ4v) is 1.50. The molecule has 0 spiro atoms. The predicted molar refractivity (Wildman–Crippen MR) is 62.7 cm³/mol. The van der Waals surface area contributed by atoms with Crippen LogP contribution < -0.4 is 5.73 Å². The number of nitrogen functional groups attached to an aromatic ring is 1. The van der Waals surface area contributed by atoms with Gasteiger partial charge in [0.2, 0.25) is 0 Å². The molecule has 2 rings (SSSR count). The summed E-state index contributed by atoms with van der Waals surface area (Å²) in [6, 6.07) is 4.39. The molecule has 1 aromatic heterocycles. The zero-order valence-corrected chi connectivity index (χ0v) is 9.61. The van der Waals surface area contributed by atoms with Crippen molar-refractivity contribution in [2.45, 2.75) is 26.2 Å². The highest BCUT2D eigenvalue weighted by Gasteiger charge is 2.12. The molecule has 0 aliphatic carbocycles. The first kappa shape index (κ1) is 11.6. The fourth-order valence-electron chi connectivity index (χ4n) is 1.50. The van der Waals surface area contributed by atoms with Crippen LogP contribution in [0.3, 0.4) is 0 Å². The first-order valence-corrected chi connectivity index (χ1v) is 5.58. The van der Waals surface area contributed by atoms with Crippen LogP contribution >= 0.6 is 0 Å². The van der Waals surface area contributed by atoms with Gasteiger partial charge in [0.05, 0.1) is 5.56 Å². The lowest BCUT2D eigenvalue weighted by atomic mass is 10.2. The van der Waals surface area contributed by atoms with Crippen molar-refractivity contribution in [2.75, 3.05) is 5.73 Å². The van der Waals surface area contributed by atoms with Gasteiger partial charge in [-0.3, -0.25) is 0 Å². The number of nitrogens with zero attached hydrogens (tertiary/aromatic N) is 2. The minimum absolute atomic E-state index is 0.202. The van der Waals surface area contributed by atoms with Gasteiger partial charge in [-0.2, -0.15) is 4.98 Å². The molecule has 0 saturated carbocycles. The molecule has 5 heteroatoms. The molecule has 0 fully saturated rings. The maximum absolute atomic E-state index is 13.6. The van der Waals surface area contributed by atoms with Gasteiger partial charge in [-0.15, -0.1) is 0 Å². The van der Waals surface area contributed by atoms with Gasteiger partial charge in [0.15, 0.2) is 5.82 Å². The molecule has 4 nitrogen and oxygen atoms in total. The number of nitrogens with two attached hydrogens (primary N) is 1. The molecule has 0 unspecified atom stereocenters. The van der Waals surface area contributed by atoms with E-state index in [-0.39, 0.29) is 11.5 Å². The minimum Gasteiger partial charge on any atom is -0.399 e. The summed E-state index contributed by atoms with van der Waals surface area (Å²) in [6.07, 6.45) is 2.79. The standard InChI is InChI=1S/C12H14FN3O/c1-2-3-4-11-15-12(17-16-11)9-6-5-8(14)7-10(9)13/h5-7H,2-4,14H2,1H3. The van der Waals surface area contributed by atoms with Gasteiger partial charge >= 0.3 is 0 Å². The second kappa shape index (κ2) is 4.95. The highest BCUT2D eigenvalue weighted by Crippen LogP contribution is 2.22. The van der Waals surface area contributed by atoms with Gasteiger partial charge in [0.25, 0.3) is 5.89 Å². The van der Waals surface area contributed by atoms with Gasteiger partial charge in [-0.05, 0) is 24.6 Å². The molecule has 2 aromatic rings. The van der Waals surface area contributed by atoms with E-state index in [1.165, 1.54) is 6.07 Å². The molecule has 0 bridgehead atoms. The number of unbranched alkanes of at least 4 members (excludes halogenated alkanes) is 1. The molecule has 90 valence electrons. The van der Waals surface area contributed by atoms with E-state index in [4.69, 9.17) is 10.3 Å². The third-order valence-corrected chi connectivity index (χ3v) is 2.45. The van der Waals surface area contributed by atoms with Crippen molar-refractivity contribution < 1.29 is 8.91 Å². The smallest absolute Gasteiger partial charge is 0.260 e. The molecule has 17 heavy (non-hydrogen) atoms. The number of aromatic nitrogens is 2. The Balaban J connectivity index is 2.24. The van der Waals surface area contributed by atoms with Crippen molar-refractivity contribution in [1.29, 1.82) is 0 Å². The van der Waals surface area contributed by atoms with Crippen molar-refractivity contribution in [3.8, 4) is 11.5 Å². The molecular weight excluding hydrogens is 221 g/mol. The molecule has 2 N–H and O–H groups in total. The average Bonchev–Trinajstić information content (AvgIpc) is 2.75. The normalized spacial score (nSPS) is 10.7. The van der Waals surface area contributed by atoms with Crippen molar-refractivity contribution >= 4 is 5.69 Å². The third-order valence-electron chi connectivity index (χ3n) is 2.45. The Hall–Kier alpha value is -1.91. The molecule has 0 aliphatic rings. The van der Waals surface area contributed by atoms with Gasteiger partial charge < -0.3 is 10.3 Å². The van der Waals surface area contributed by atoms with Crippen LogP contribution in [-0.4, -0.2) is 10.1 Å². The Morgan fingerprint density at radius 1 is 1.41 bits per heavy atom. The zero-order valence-electron chi connectivity index (χ0n) is 9.61. The van der Waals surface area contributed by atoms with Crippen LogP contribution in [-0.2, 0) is 6.42 Å². The van der Waals surface area contributed by atoms with Crippen LogP contribution in [0.5, 0.6) is 0 Å². The van der Waals surface area contributed by atoms with Crippen LogP contribution in [0.1, 0.15) is 25.6 Å². The summed E-state index contributed by atoms with van der Waals surface area (Å²) in [5.41, 5.74) is 6.13. The SMILES string of the molecule is CCCCc1noc(-c2ccc(N)cc2F)n1. The lowest BCUT2D eigenvalue weighted by molar-refractivity contribution is 0.419. The lowest BCUT2D eigenvalue weighted by Crippen LogP contribution is -1.90. The molecule has 0 aliphatic heterocycles. The largest absolute Gasteiger partial charge is 0.399 e. The van der Waals surface area contributed by atoms with Crippen LogP contribution in [0, 0.1) is 5.82 Å². The summed E-state index contributed by atoms with van der Waals surface area (Å²) in [7, 11) is 0. The summed E-state index contributed by atoms with van der Waals surface area (Å²) in [5.74, 6) is 0.363. The number of rotatable bonds is 4.